The van der Waals surface area contributed by atoms with Gasteiger partial charge in [-0.15, -0.1) is 10.2 Å². The quantitative estimate of drug-likeness (QED) is 0.745. The number of nitrogens with zero attached hydrogens (tertiary/aromatic N) is 5. The Balaban J connectivity index is 2.74. The van der Waals surface area contributed by atoms with Crippen molar-refractivity contribution in [1.82, 2.24) is 24.6 Å². The Morgan fingerprint density at radius 3 is 2.56 bits per heavy atom. The topological polar surface area (TPSA) is 54.3 Å². The molecule has 1 heterocycles. The summed E-state index contributed by atoms with van der Waals surface area (Å²) in [6.07, 6.45) is 2.51. The fraction of sp³-hybridized carbons (Fsp3) is 0.750. The Morgan fingerprint density at radius 1 is 1.39 bits per heavy atom. The number of carbonyl (C=O) groups excluding carboxylic acids is 1. The first-order valence-corrected chi connectivity index (χ1v) is 6.29. The highest BCUT2D eigenvalue weighted by molar-refractivity contribution is 5.81. The van der Waals surface area contributed by atoms with E-state index in [0.717, 1.165) is 18.8 Å². The van der Waals surface area contributed by atoms with Gasteiger partial charge in [0.2, 0.25) is 5.91 Å². The standard InChI is InChI=1S/C12H23N5O/c1-6-10(12(18)15(3)4)16(5)8-11-14-13-9-17(11)7-2/h9-10H,6-8H2,1-5H3/t10-/m0/s1. The van der Waals surface area contributed by atoms with Crippen LogP contribution in [0.25, 0.3) is 0 Å². The zero-order valence-corrected chi connectivity index (χ0v) is 11.9. The lowest BCUT2D eigenvalue weighted by Crippen LogP contribution is -2.44. The number of likely N-dealkylation sites (N-methyl/N-ethyl adjacent to an activating group) is 2. The number of amides is 1. The number of carbonyl (C=O) groups is 1. The molecule has 0 saturated carbocycles. The van der Waals surface area contributed by atoms with E-state index in [0.29, 0.717) is 6.54 Å². The summed E-state index contributed by atoms with van der Waals surface area (Å²) in [6.45, 7) is 5.54. The molecule has 0 aromatic carbocycles. The molecule has 0 fully saturated rings. The molecule has 0 N–H and O–H groups in total. The molecule has 0 unspecified atom stereocenters. The van der Waals surface area contributed by atoms with E-state index in [1.807, 2.05) is 23.4 Å². The zero-order valence-electron chi connectivity index (χ0n) is 11.9. The molecule has 0 aliphatic carbocycles. The first kappa shape index (κ1) is 14.6. The summed E-state index contributed by atoms with van der Waals surface area (Å²) in [5.74, 6) is 1.02. The van der Waals surface area contributed by atoms with Crippen molar-refractivity contribution in [1.29, 1.82) is 0 Å². The summed E-state index contributed by atoms with van der Waals surface area (Å²) in [4.78, 5) is 15.7. The number of hydrogen-bond donors (Lipinski definition) is 0. The van der Waals surface area contributed by atoms with Crippen LogP contribution < -0.4 is 0 Å². The van der Waals surface area contributed by atoms with Crippen LogP contribution in [-0.2, 0) is 17.9 Å². The van der Waals surface area contributed by atoms with Crippen LogP contribution >= 0.6 is 0 Å². The first-order valence-electron chi connectivity index (χ1n) is 6.29. The summed E-state index contributed by atoms with van der Waals surface area (Å²) < 4.78 is 1.99. The minimum Gasteiger partial charge on any atom is -0.347 e. The van der Waals surface area contributed by atoms with Crippen molar-refractivity contribution in [2.24, 2.45) is 0 Å². The molecule has 6 heteroatoms. The van der Waals surface area contributed by atoms with Crippen molar-refractivity contribution in [3.05, 3.63) is 12.2 Å². The highest BCUT2D eigenvalue weighted by Crippen LogP contribution is 2.09. The molecule has 1 atom stereocenters. The fourth-order valence-electron chi connectivity index (χ4n) is 1.97. The van der Waals surface area contributed by atoms with Gasteiger partial charge in [0.15, 0.2) is 0 Å². The van der Waals surface area contributed by atoms with Gasteiger partial charge in [-0.3, -0.25) is 9.69 Å². The van der Waals surface area contributed by atoms with E-state index >= 15 is 0 Å². The molecular formula is C12H23N5O. The number of hydrogen-bond acceptors (Lipinski definition) is 4. The van der Waals surface area contributed by atoms with Crippen LogP contribution in [0.2, 0.25) is 0 Å². The normalized spacial score (nSPS) is 12.8. The third kappa shape index (κ3) is 3.29. The molecule has 0 radical (unpaired) electrons. The van der Waals surface area contributed by atoms with Gasteiger partial charge >= 0.3 is 0 Å². The van der Waals surface area contributed by atoms with E-state index < -0.39 is 0 Å². The Hall–Kier alpha value is -1.43. The average Bonchev–Trinajstić information content (AvgIpc) is 2.76. The summed E-state index contributed by atoms with van der Waals surface area (Å²) >= 11 is 0. The lowest BCUT2D eigenvalue weighted by atomic mass is 10.1. The molecule has 102 valence electrons. The molecule has 6 nitrogen and oxygen atoms in total. The molecular weight excluding hydrogens is 230 g/mol. The summed E-state index contributed by atoms with van der Waals surface area (Å²) in [5, 5.41) is 8.00. The Kier molecular flexibility index (Phi) is 5.27. The molecule has 1 rings (SSSR count). The number of aryl methyl sites for hydroxylation is 1. The average molecular weight is 253 g/mol. The minimum absolute atomic E-state index is 0.109. The first-order chi connectivity index (χ1) is 8.51. The van der Waals surface area contributed by atoms with Crippen LogP contribution in [0, 0.1) is 0 Å². The van der Waals surface area contributed by atoms with Crippen molar-refractivity contribution >= 4 is 5.91 Å². The van der Waals surface area contributed by atoms with Crippen molar-refractivity contribution < 1.29 is 4.79 Å². The summed E-state index contributed by atoms with van der Waals surface area (Å²) in [6, 6.07) is -0.109. The predicted molar refractivity (Wildman–Crippen MR) is 69.9 cm³/mol. The summed E-state index contributed by atoms with van der Waals surface area (Å²) in [7, 11) is 5.52. The third-order valence-electron chi connectivity index (χ3n) is 3.07. The van der Waals surface area contributed by atoms with Crippen LogP contribution in [-0.4, -0.2) is 57.7 Å². The van der Waals surface area contributed by atoms with E-state index in [4.69, 9.17) is 0 Å². The van der Waals surface area contributed by atoms with E-state index in [2.05, 4.69) is 17.1 Å². The van der Waals surface area contributed by atoms with Crippen molar-refractivity contribution in [2.45, 2.75) is 39.4 Å². The number of rotatable bonds is 6. The van der Waals surface area contributed by atoms with Gasteiger partial charge in [0, 0.05) is 20.6 Å². The van der Waals surface area contributed by atoms with Crippen molar-refractivity contribution in [3.63, 3.8) is 0 Å². The molecule has 1 aromatic rings. The SMILES string of the molecule is CC[C@@H](C(=O)N(C)C)N(C)Cc1nncn1CC. The molecule has 1 amide bonds. The van der Waals surface area contributed by atoms with Gasteiger partial charge < -0.3 is 9.47 Å². The molecule has 1 aromatic heterocycles. The van der Waals surface area contributed by atoms with E-state index in [9.17, 15) is 4.79 Å². The third-order valence-corrected chi connectivity index (χ3v) is 3.07. The maximum atomic E-state index is 12.0. The van der Waals surface area contributed by atoms with Gasteiger partial charge in [-0.2, -0.15) is 0 Å². The Bertz CT molecular complexity index is 388. The van der Waals surface area contributed by atoms with Gasteiger partial charge in [0.1, 0.15) is 12.2 Å². The Morgan fingerprint density at radius 2 is 2.06 bits per heavy atom. The zero-order chi connectivity index (χ0) is 13.7. The maximum Gasteiger partial charge on any atom is 0.239 e. The lowest BCUT2D eigenvalue weighted by Gasteiger charge is -2.28. The highest BCUT2D eigenvalue weighted by atomic mass is 16.2. The number of aromatic nitrogens is 3. The molecule has 0 aliphatic heterocycles. The van der Waals surface area contributed by atoms with Gasteiger partial charge in [-0.05, 0) is 20.4 Å². The van der Waals surface area contributed by atoms with E-state index in [1.165, 1.54) is 0 Å². The molecule has 0 bridgehead atoms. The fourth-order valence-corrected chi connectivity index (χ4v) is 1.97. The smallest absolute Gasteiger partial charge is 0.239 e. The molecule has 0 aliphatic rings. The Labute approximate surface area is 109 Å². The maximum absolute atomic E-state index is 12.0. The van der Waals surface area contributed by atoms with Crippen LogP contribution in [0.3, 0.4) is 0 Å². The van der Waals surface area contributed by atoms with Gasteiger partial charge in [-0.25, -0.2) is 0 Å². The summed E-state index contributed by atoms with van der Waals surface area (Å²) in [5.41, 5.74) is 0. The van der Waals surface area contributed by atoms with Crippen LogP contribution in [0.1, 0.15) is 26.1 Å². The minimum atomic E-state index is -0.109. The molecule has 0 saturated heterocycles. The van der Waals surface area contributed by atoms with E-state index in [-0.39, 0.29) is 11.9 Å². The largest absolute Gasteiger partial charge is 0.347 e. The monoisotopic (exact) mass is 253 g/mol. The second-order valence-electron chi connectivity index (χ2n) is 4.61. The molecule has 0 spiro atoms. The van der Waals surface area contributed by atoms with Crippen molar-refractivity contribution in [2.75, 3.05) is 21.1 Å². The lowest BCUT2D eigenvalue weighted by molar-refractivity contribution is -0.134. The van der Waals surface area contributed by atoms with E-state index in [1.54, 1.807) is 25.3 Å². The van der Waals surface area contributed by atoms with Gasteiger partial charge in [0.25, 0.3) is 0 Å². The second kappa shape index (κ2) is 6.49. The van der Waals surface area contributed by atoms with Crippen LogP contribution in [0.15, 0.2) is 6.33 Å². The van der Waals surface area contributed by atoms with Crippen LogP contribution in [0.4, 0.5) is 0 Å². The second-order valence-corrected chi connectivity index (χ2v) is 4.61. The van der Waals surface area contributed by atoms with Crippen molar-refractivity contribution in [3.8, 4) is 0 Å². The van der Waals surface area contributed by atoms with Crippen LogP contribution in [0.5, 0.6) is 0 Å². The van der Waals surface area contributed by atoms with Gasteiger partial charge in [0.05, 0.1) is 12.6 Å². The van der Waals surface area contributed by atoms with Gasteiger partial charge in [-0.1, -0.05) is 6.92 Å². The molecule has 18 heavy (non-hydrogen) atoms. The predicted octanol–water partition coefficient (Wildman–Crippen LogP) is 0.597. The highest BCUT2D eigenvalue weighted by Gasteiger charge is 2.23.